The summed E-state index contributed by atoms with van der Waals surface area (Å²) in [5.41, 5.74) is 7.69. The molecule has 0 aromatic carbocycles. The lowest BCUT2D eigenvalue weighted by molar-refractivity contribution is 0.451. The number of nitrogens with one attached hydrogen (secondary N) is 1. The number of H-pyrrole nitrogens is 1. The molecule has 1 atom stereocenters. The molecular weight excluding hydrogens is 136 g/mol. The SMILES string of the molecule is CC1(C(N)c2cc[nH]c2)CC1. The summed E-state index contributed by atoms with van der Waals surface area (Å²) in [6.45, 7) is 2.25. The monoisotopic (exact) mass is 150 g/mol. The summed E-state index contributed by atoms with van der Waals surface area (Å²) in [6, 6.07) is 2.29. The maximum atomic E-state index is 6.06. The van der Waals surface area contributed by atoms with E-state index in [4.69, 9.17) is 5.73 Å². The Morgan fingerprint density at radius 2 is 2.36 bits per heavy atom. The molecule has 0 spiro atoms. The fraction of sp³-hybridized carbons (Fsp3) is 0.556. The van der Waals surface area contributed by atoms with Crippen LogP contribution in [0.15, 0.2) is 18.5 Å². The lowest BCUT2D eigenvalue weighted by Gasteiger charge is -2.16. The lowest BCUT2D eigenvalue weighted by Crippen LogP contribution is -2.19. The van der Waals surface area contributed by atoms with Gasteiger partial charge in [0.15, 0.2) is 0 Å². The second kappa shape index (κ2) is 2.11. The van der Waals surface area contributed by atoms with E-state index >= 15 is 0 Å². The molecule has 1 aliphatic rings. The standard InChI is InChI=1S/C9H14N2/c1-9(3-4-9)8(10)7-2-5-11-6-7/h2,5-6,8,11H,3-4,10H2,1H3. The van der Waals surface area contributed by atoms with Crippen molar-refractivity contribution < 1.29 is 0 Å². The average molecular weight is 150 g/mol. The summed E-state index contributed by atoms with van der Waals surface area (Å²) < 4.78 is 0. The molecular formula is C9H14N2. The highest BCUT2D eigenvalue weighted by Crippen LogP contribution is 2.53. The van der Waals surface area contributed by atoms with Crippen LogP contribution in [0.25, 0.3) is 0 Å². The van der Waals surface area contributed by atoms with Crippen LogP contribution in [-0.2, 0) is 0 Å². The fourth-order valence-electron chi connectivity index (χ4n) is 1.44. The largest absolute Gasteiger partial charge is 0.367 e. The molecule has 3 N–H and O–H groups in total. The van der Waals surface area contributed by atoms with Crippen molar-refractivity contribution in [2.24, 2.45) is 11.1 Å². The maximum absolute atomic E-state index is 6.06. The Morgan fingerprint density at radius 1 is 1.64 bits per heavy atom. The number of hydrogen-bond donors (Lipinski definition) is 2. The second-order valence-corrected chi connectivity index (χ2v) is 3.78. The Balaban J connectivity index is 2.17. The Morgan fingerprint density at radius 3 is 2.82 bits per heavy atom. The number of rotatable bonds is 2. The minimum atomic E-state index is 0.230. The van der Waals surface area contributed by atoms with E-state index in [1.165, 1.54) is 18.4 Å². The van der Waals surface area contributed by atoms with E-state index in [-0.39, 0.29) is 6.04 Å². The van der Waals surface area contributed by atoms with Crippen molar-refractivity contribution in [3.8, 4) is 0 Å². The Labute approximate surface area is 66.8 Å². The zero-order chi connectivity index (χ0) is 7.90. The van der Waals surface area contributed by atoms with E-state index in [2.05, 4.69) is 18.0 Å². The Hall–Kier alpha value is -0.760. The average Bonchev–Trinajstić information content (AvgIpc) is 2.54. The molecule has 1 aromatic heterocycles. The van der Waals surface area contributed by atoms with E-state index in [0.717, 1.165) is 0 Å². The van der Waals surface area contributed by atoms with Crippen LogP contribution in [0.3, 0.4) is 0 Å². The predicted octanol–water partition coefficient (Wildman–Crippen LogP) is 1.81. The smallest absolute Gasteiger partial charge is 0.0364 e. The third-order valence-corrected chi connectivity index (χ3v) is 2.77. The van der Waals surface area contributed by atoms with Crippen molar-refractivity contribution in [3.63, 3.8) is 0 Å². The molecule has 0 bridgehead atoms. The van der Waals surface area contributed by atoms with Gasteiger partial charge < -0.3 is 10.7 Å². The van der Waals surface area contributed by atoms with Crippen molar-refractivity contribution in [3.05, 3.63) is 24.0 Å². The van der Waals surface area contributed by atoms with Crippen LogP contribution >= 0.6 is 0 Å². The first-order chi connectivity index (χ1) is 5.22. The molecule has 2 heteroatoms. The third kappa shape index (κ3) is 1.07. The summed E-state index contributed by atoms with van der Waals surface area (Å²) >= 11 is 0. The first kappa shape index (κ1) is 6.92. The quantitative estimate of drug-likeness (QED) is 0.663. The lowest BCUT2D eigenvalue weighted by atomic mass is 9.95. The van der Waals surface area contributed by atoms with Gasteiger partial charge in [0.25, 0.3) is 0 Å². The van der Waals surface area contributed by atoms with Gasteiger partial charge in [0.05, 0.1) is 0 Å². The second-order valence-electron chi connectivity index (χ2n) is 3.78. The van der Waals surface area contributed by atoms with Crippen LogP contribution in [0.5, 0.6) is 0 Å². The highest BCUT2D eigenvalue weighted by atomic mass is 14.8. The highest BCUT2D eigenvalue weighted by Gasteiger charge is 2.43. The minimum Gasteiger partial charge on any atom is -0.367 e. The van der Waals surface area contributed by atoms with Gasteiger partial charge in [-0.1, -0.05) is 6.92 Å². The van der Waals surface area contributed by atoms with Crippen LogP contribution in [0.2, 0.25) is 0 Å². The first-order valence-electron chi connectivity index (χ1n) is 4.11. The van der Waals surface area contributed by atoms with Gasteiger partial charge in [0.1, 0.15) is 0 Å². The van der Waals surface area contributed by atoms with Gasteiger partial charge in [-0.15, -0.1) is 0 Å². The highest BCUT2D eigenvalue weighted by molar-refractivity contribution is 5.19. The number of aromatic nitrogens is 1. The van der Waals surface area contributed by atoms with Crippen molar-refractivity contribution in [2.45, 2.75) is 25.8 Å². The van der Waals surface area contributed by atoms with Gasteiger partial charge >= 0.3 is 0 Å². The van der Waals surface area contributed by atoms with Crippen LogP contribution in [0.4, 0.5) is 0 Å². The van der Waals surface area contributed by atoms with E-state index in [9.17, 15) is 0 Å². The van der Waals surface area contributed by atoms with Crippen molar-refractivity contribution in [2.75, 3.05) is 0 Å². The molecule has 11 heavy (non-hydrogen) atoms. The van der Waals surface area contributed by atoms with Gasteiger partial charge in [0.2, 0.25) is 0 Å². The van der Waals surface area contributed by atoms with Crippen LogP contribution in [0, 0.1) is 5.41 Å². The van der Waals surface area contributed by atoms with Crippen molar-refractivity contribution in [1.29, 1.82) is 0 Å². The number of aromatic amines is 1. The molecule has 0 aliphatic heterocycles. The Bertz CT molecular complexity index is 234. The molecule has 1 aliphatic carbocycles. The zero-order valence-electron chi connectivity index (χ0n) is 6.80. The third-order valence-electron chi connectivity index (χ3n) is 2.77. The maximum Gasteiger partial charge on any atom is 0.0364 e. The molecule has 0 saturated heterocycles. The summed E-state index contributed by atoms with van der Waals surface area (Å²) in [7, 11) is 0. The van der Waals surface area contributed by atoms with Crippen LogP contribution < -0.4 is 5.73 Å². The molecule has 1 saturated carbocycles. The van der Waals surface area contributed by atoms with Crippen LogP contribution in [-0.4, -0.2) is 4.98 Å². The minimum absolute atomic E-state index is 0.230. The van der Waals surface area contributed by atoms with Gasteiger partial charge in [-0.3, -0.25) is 0 Å². The molecule has 0 radical (unpaired) electrons. The molecule has 1 aromatic rings. The molecule has 1 unspecified atom stereocenters. The summed E-state index contributed by atoms with van der Waals surface area (Å²) in [4.78, 5) is 3.03. The van der Waals surface area contributed by atoms with Gasteiger partial charge in [-0.25, -0.2) is 0 Å². The van der Waals surface area contributed by atoms with Gasteiger partial charge in [-0.05, 0) is 29.9 Å². The van der Waals surface area contributed by atoms with Crippen LogP contribution in [0.1, 0.15) is 31.4 Å². The molecule has 2 rings (SSSR count). The summed E-state index contributed by atoms with van der Waals surface area (Å²) in [5, 5.41) is 0. The molecule has 2 nitrogen and oxygen atoms in total. The van der Waals surface area contributed by atoms with Gasteiger partial charge in [-0.2, -0.15) is 0 Å². The molecule has 1 heterocycles. The molecule has 60 valence electrons. The van der Waals surface area contributed by atoms with E-state index in [1.807, 2.05) is 12.4 Å². The van der Waals surface area contributed by atoms with E-state index < -0.39 is 0 Å². The fourth-order valence-corrected chi connectivity index (χ4v) is 1.44. The molecule has 1 fully saturated rings. The summed E-state index contributed by atoms with van der Waals surface area (Å²) in [5.74, 6) is 0. The predicted molar refractivity (Wildman–Crippen MR) is 45.1 cm³/mol. The zero-order valence-corrected chi connectivity index (χ0v) is 6.80. The van der Waals surface area contributed by atoms with Crippen molar-refractivity contribution >= 4 is 0 Å². The van der Waals surface area contributed by atoms with Gasteiger partial charge in [0, 0.05) is 18.4 Å². The molecule has 0 amide bonds. The summed E-state index contributed by atoms with van der Waals surface area (Å²) in [6.07, 6.45) is 6.48. The van der Waals surface area contributed by atoms with Crippen molar-refractivity contribution in [1.82, 2.24) is 4.98 Å². The topological polar surface area (TPSA) is 41.8 Å². The number of nitrogens with two attached hydrogens (primary N) is 1. The number of hydrogen-bond acceptors (Lipinski definition) is 1. The first-order valence-corrected chi connectivity index (χ1v) is 4.11. The Kier molecular flexibility index (Phi) is 1.33. The van der Waals surface area contributed by atoms with E-state index in [1.54, 1.807) is 0 Å². The van der Waals surface area contributed by atoms with E-state index in [0.29, 0.717) is 5.41 Å². The normalized spacial score (nSPS) is 23.1.